The molecule has 92 valence electrons. The van der Waals surface area contributed by atoms with Gasteiger partial charge in [-0.3, -0.25) is 4.79 Å². The van der Waals surface area contributed by atoms with Crippen molar-refractivity contribution in [3.8, 4) is 5.75 Å². The van der Waals surface area contributed by atoms with Crippen LogP contribution < -0.4 is 0 Å². The number of carboxylic acid groups (broad SMARTS) is 1. The van der Waals surface area contributed by atoms with Gasteiger partial charge in [0.25, 0.3) is 0 Å². The van der Waals surface area contributed by atoms with Crippen LogP contribution in [0.1, 0.15) is 48.8 Å². The van der Waals surface area contributed by atoms with Crippen molar-refractivity contribution < 1.29 is 15.0 Å². The lowest BCUT2D eigenvalue weighted by atomic mass is 9.93. The van der Waals surface area contributed by atoms with Crippen LogP contribution in [-0.2, 0) is 17.6 Å². The highest BCUT2D eigenvalue weighted by Gasteiger charge is 2.20. The van der Waals surface area contributed by atoms with Crippen molar-refractivity contribution in [2.24, 2.45) is 0 Å². The maximum absolute atomic E-state index is 11.0. The van der Waals surface area contributed by atoms with E-state index in [-0.39, 0.29) is 5.75 Å². The van der Waals surface area contributed by atoms with E-state index in [0.29, 0.717) is 5.56 Å². The molecule has 1 unspecified atom stereocenters. The van der Waals surface area contributed by atoms with Crippen LogP contribution >= 0.6 is 0 Å². The third-order valence-corrected chi connectivity index (χ3v) is 3.58. The number of carboxylic acids is 1. The standard InChI is InChI=1S/C14H18O3/c1-9(14(16)17)12-7-10-5-3-2-4-6-11(10)8-13(12)15/h7-9,15H,2-6H2,1H3,(H,16,17). The van der Waals surface area contributed by atoms with Crippen LogP contribution in [0.2, 0.25) is 0 Å². The topological polar surface area (TPSA) is 57.5 Å². The van der Waals surface area contributed by atoms with Gasteiger partial charge in [-0.2, -0.15) is 0 Å². The van der Waals surface area contributed by atoms with E-state index >= 15 is 0 Å². The minimum atomic E-state index is -0.895. The van der Waals surface area contributed by atoms with Gasteiger partial charge in [-0.25, -0.2) is 0 Å². The van der Waals surface area contributed by atoms with Gasteiger partial charge in [-0.15, -0.1) is 0 Å². The first-order valence-corrected chi connectivity index (χ1v) is 6.17. The van der Waals surface area contributed by atoms with Crippen LogP contribution in [0.25, 0.3) is 0 Å². The number of benzene rings is 1. The van der Waals surface area contributed by atoms with Crippen molar-refractivity contribution in [1.29, 1.82) is 0 Å². The van der Waals surface area contributed by atoms with Crippen molar-refractivity contribution in [2.45, 2.75) is 44.9 Å². The molecule has 0 fully saturated rings. The van der Waals surface area contributed by atoms with Crippen LogP contribution in [0, 0.1) is 0 Å². The van der Waals surface area contributed by atoms with Crippen molar-refractivity contribution in [1.82, 2.24) is 0 Å². The minimum absolute atomic E-state index is 0.126. The second kappa shape index (κ2) is 4.78. The fourth-order valence-corrected chi connectivity index (χ4v) is 2.45. The molecule has 0 heterocycles. The van der Waals surface area contributed by atoms with Crippen LogP contribution in [0.4, 0.5) is 0 Å². The number of rotatable bonds is 2. The molecule has 17 heavy (non-hydrogen) atoms. The van der Waals surface area contributed by atoms with Crippen molar-refractivity contribution in [2.75, 3.05) is 0 Å². The highest BCUT2D eigenvalue weighted by molar-refractivity contribution is 5.76. The first kappa shape index (κ1) is 12.0. The summed E-state index contributed by atoms with van der Waals surface area (Å²) in [5.41, 5.74) is 2.93. The lowest BCUT2D eigenvalue weighted by Gasteiger charge is -2.14. The molecule has 2 rings (SSSR count). The summed E-state index contributed by atoms with van der Waals surface area (Å²) in [5.74, 6) is -1.42. The van der Waals surface area contributed by atoms with Gasteiger partial charge >= 0.3 is 5.97 Å². The Balaban J connectivity index is 2.42. The van der Waals surface area contributed by atoms with E-state index in [0.717, 1.165) is 25.7 Å². The lowest BCUT2D eigenvalue weighted by Crippen LogP contribution is -2.08. The van der Waals surface area contributed by atoms with Gasteiger partial charge in [0.2, 0.25) is 0 Å². The van der Waals surface area contributed by atoms with Crippen molar-refractivity contribution >= 4 is 5.97 Å². The number of aliphatic carboxylic acids is 1. The smallest absolute Gasteiger partial charge is 0.310 e. The quantitative estimate of drug-likeness (QED) is 0.773. The van der Waals surface area contributed by atoms with Crippen molar-refractivity contribution in [3.05, 3.63) is 28.8 Å². The van der Waals surface area contributed by atoms with E-state index in [1.54, 1.807) is 13.0 Å². The Morgan fingerprint density at radius 2 is 1.76 bits per heavy atom. The van der Waals surface area contributed by atoms with E-state index in [9.17, 15) is 9.90 Å². The number of carbonyl (C=O) groups is 1. The van der Waals surface area contributed by atoms with Crippen LogP contribution in [0.15, 0.2) is 12.1 Å². The summed E-state index contributed by atoms with van der Waals surface area (Å²) in [7, 11) is 0. The fraction of sp³-hybridized carbons (Fsp3) is 0.500. The van der Waals surface area contributed by atoms with Crippen LogP contribution in [0.5, 0.6) is 5.75 Å². The van der Waals surface area contributed by atoms with Gasteiger partial charge in [0.1, 0.15) is 5.75 Å². The van der Waals surface area contributed by atoms with Gasteiger partial charge in [-0.05, 0) is 49.8 Å². The monoisotopic (exact) mass is 234 g/mol. The molecule has 0 spiro atoms. The second-order valence-corrected chi connectivity index (χ2v) is 4.80. The molecule has 1 atom stereocenters. The molecular weight excluding hydrogens is 216 g/mol. The van der Waals surface area contributed by atoms with Gasteiger partial charge in [0, 0.05) is 5.56 Å². The number of hydrogen-bond donors (Lipinski definition) is 2. The molecule has 1 aliphatic rings. The van der Waals surface area contributed by atoms with Gasteiger partial charge in [-0.1, -0.05) is 12.5 Å². The molecule has 0 aromatic heterocycles. The molecule has 3 heteroatoms. The zero-order valence-electron chi connectivity index (χ0n) is 10.1. The number of fused-ring (bicyclic) bond motifs is 1. The SMILES string of the molecule is CC(C(=O)O)c1cc2c(cc1O)CCCCC2. The molecular formula is C14H18O3. The lowest BCUT2D eigenvalue weighted by molar-refractivity contribution is -0.138. The molecule has 0 radical (unpaired) electrons. The molecule has 0 amide bonds. The molecule has 1 aromatic rings. The minimum Gasteiger partial charge on any atom is -0.508 e. The van der Waals surface area contributed by atoms with Crippen LogP contribution in [0.3, 0.4) is 0 Å². The highest BCUT2D eigenvalue weighted by atomic mass is 16.4. The van der Waals surface area contributed by atoms with E-state index in [1.807, 2.05) is 6.07 Å². The normalized spacial score (nSPS) is 17.0. The van der Waals surface area contributed by atoms with Gasteiger partial charge in [0.15, 0.2) is 0 Å². The summed E-state index contributed by atoms with van der Waals surface area (Å²) in [6.07, 6.45) is 5.50. The summed E-state index contributed by atoms with van der Waals surface area (Å²) in [6, 6.07) is 3.64. The molecule has 0 aliphatic heterocycles. The first-order chi connectivity index (χ1) is 8.09. The van der Waals surface area contributed by atoms with E-state index < -0.39 is 11.9 Å². The predicted molar refractivity (Wildman–Crippen MR) is 65.4 cm³/mol. The average molecular weight is 234 g/mol. The van der Waals surface area contributed by atoms with Crippen LogP contribution in [-0.4, -0.2) is 16.2 Å². The summed E-state index contributed by atoms with van der Waals surface area (Å²) < 4.78 is 0. The fourth-order valence-electron chi connectivity index (χ4n) is 2.45. The Morgan fingerprint density at radius 1 is 1.18 bits per heavy atom. The molecule has 2 N–H and O–H groups in total. The zero-order valence-corrected chi connectivity index (χ0v) is 10.1. The predicted octanol–water partition coefficient (Wildman–Crippen LogP) is 2.85. The number of hydrogen-bond acceptors (Lipinski definition) is 2. The second-order valence-electron chi connectivity index (χ2n) is 4.80. The highest BCUT2D eigenvalue weighted by Crippen LogP contribution is 2.32. The first-order valence-electron chi connectivity index (χ1n) is 6.17. The van der Waals surface area contributed by atoms with Crippen molar-refractivity contribution in [3.63, 3.8) is 0 Å². The summed E-state index contributed by atoms with van der Waals surface area (Å²) >= 11 is 0. The Morgan fingerprint density at radius 3 is 2.35 bits per heavy atom. The molecule has 3 nitrogen and oxygen atoms in total. The Bertz CT molecular complexity index is 437. The zero-order chi connectivity index (χ0) is 12.4. The molecule has 1 aromatic carbocycles. The summed E-state index contributed by atoms with van der Waals surface area (Å²) in [5, 5.41) is 18.9. The summed E-state index contributed by atoms with van der Waals surface area (Å²) in [6.45, 7) is 1.61. The third-order valence-electron chi connectivity index (χ3n) is 3.58. The molecule has 1 aliphatic carbocycles. The Kier molecular flexibility index (Phi) is 3.36. The maximum Gasteiger partial charge on any atom is 0.310 e. The molecule has 0 saturated heterocycles. The van der Waals surface area contributed by atoms with Gasteiger partial charge in [0.05, 0.1) is 5.92 Å². The van der Waals surface area contributed by atoms with Gasteiger partial charge < -0.3 is 10.2 Å². The average Bonchev–Trinajstić information content (AvgIpc) is 2.51. The Labute approximate surface area is 101 Å². The summed E-state index contributed by atoms with van der Waals surface area (Å²) in [4.78, 5) is 11.0. The van der Waals surface area contributed by atoms with E-state index in [4.69, 9.17) is 5.11 Å². The number of aromatic hydroxyl groups is 1. The largest absolute Gasteiger partial charge is 0.508 e. The number of phenolic OH excluding ortho intramolecular Hbond substituents is 1. The number of phenols is 1. The third kappa shape index (κ3) is 2.43. The maximum atomic E-state index is 11.0. The molecule has 0 saturated carbocycles. The number of aryl methyl sites for hydroxylation is 2. The Hall–Kier alpha value is -1.51. The van der Waals surface area contributed by atoms with E-state index in [2.05, 4.69) is 0 Å². The van der Waals surface area contributed by atoms with E-state index in [1.165, 1.54) is 17.5 Å². The molecule has 0 bridgehead atoms.